The van der Waals surface area contributed by atoms with Crippen LogP contribution in [-0.4, -0.2) is 43.5 Å². The molecule has 0 spiro atoms. The van der Waals surface area contributed by atoms with Gasteiger partial charge in [0.15, 0.2) is 0 Å². The third-order valence-electron chi connectivity index (χ3n) is 5.39. The molecule has 6 heteroatoms. The number of carbonyl (C=O) groups excluding carboxylic acids is 2. The van der Waals surface area contributed by atoms with Crippen LogP contribution >= 0.6 is 0 Å². The van der Waals surface area contributed by atoms with E-state index >= 15 is 0 Å². The smallest absolute Gasteiger partial charge is 0.225 e. The number of benzene rings is 1. The maximum Gasteiger partial charge on any atom is 0.225 e. The molecule has 6 nitrogen and oxygen atoms in total. The minimum atomic E-state index is -0.262. The lowest BCUT2D eigenvalue weighted by Crippen LogP contribution is -2.48. The average Bonchev–Trinajstić information content (AvgIpc) is 3.47. The number of likely N-dealkylation sites (tertiary alicyclic amines) is 1. The quantitative estimate of drug-likeness (QED) is 0.817. The molecule has 2 aliphatic rings. The molecule has 3 N–H and O–H groups in total. The minimum absolute atomic E-state index is 0.0173. The molecule has 1 aromatic rings. The molecule has 3 rings (SSSR count). The molecule has 1 aliphatic carbocycles. The van der Waals surface area contributed by atoms with E-state index in [0.29, 0.717) is 25.3 Å². The summed E-state index contributed by atoms with van der Waals surface area (Å²) < 4.78 is 5.20. The highest BCUT2D eigenvalue weighted by Crippen LogP contribution is 2.36. The number of nitrogens with zero attached hydrogens (tertiary/aromatic N) is 1. The van der Waals surface area contributed by atoms with Gasteiger partial charge in [0.05, 0.1) is 19.1 Å². The van der Waals surface area contributed by atoms with E-state index < -0.39 is 0 Å². The lowest BCUT2D eigenvalue weighted by Gasteiger charge is -2.38. The highest BCUT2D eigenvalue weighted by Gasteiger charge is 2.39. The Balaban J connectivity index is 1.74. The molecular weight excluding hydrogens is 318 g/mol. The van der Waals surface area contributed by atoms with Crippen LogP contribution < -0.4 is 15.8 Å². The summed E-state index contributed by atoms with van der Waals surface area (Å²) >= 11 is 0. The van der Waals surface area contributed by atoms with E-state index in [2.05, 4.69) is 5.32 Å². The van der Waals surface area contributed by atoms with Gasteiger partial charge in [0, 0.05) is 26.1 Å². The molecule has 3 atom stereocenters. The van der Waals surface area contributed by atoms with Gasteiger partial charge in [0.2, 0.25) is 11.8 Å². The molecule has 0 aromatic heterocycles. The molecule has 1 aliphatic heterocycles. The zero-order chi connectivity index (χ0) is 18.0. The maximum absolute atomic E-state index is 12.8. The van der Waals surface area contributed by atoms with Crippen molar-refractivity contribution in [2.24, 2.45) is 17.6 Å². The van der Waals surface area contributed by atoms with E-state index in [1.54, 1.807) is 19.1 Å². The topological polar surface area (TPSA) is 84.7 Å². The zero-order valence-electron chi connectivity index (χ0n) is 14.9. The largest absolute Gasteiger partial charge is 0.497 e. The van der Waals surface area contributed by atoms with Gasteiger partial charge < -0.3 is 20.7 Å². The van der Waals surface area contributed by atoms with Crippen molar-refractivity contribution in [3.05, 3.63) is 29.8 Å². The van der Waals surface area contributed by atoms with Crippen molar-refractivity contribution >= 4 is 11.8 Å². The van der Waals surface area contributed by atoms with Gasteiger partial charge in [0.25, 0.3) is 0 Å². The molecule has 1 heterocycles. The van der Waals surface area contributed by atoms with Crippen molar-refractivity contribution < 1.29 is 14.3 Å². The van der Waals surface area contributed by atoms with E-state index in [1.165, 1.54) is 0 Å². The number of nitrogens with two attached hydrogens (primary N) is 1. The second kappa shape index (κ2) is 7.44. The highest BCUT2D eigenvalue weighted by molar-refractivity contribution is 5.85. The lowest BCUT2D eigenvalue weighted by atomic mass is 9.84. The van der Waals surface area contributed by atoms with Crippen LogP contribution in [0.25, 0.3) is 0 Å². The van der Waals surface area contributed by atoms with Crippen molar-refractivity contribution in [2.75, 3.05) is 20.7 Å². The maximum atomic E-state index is 12.8. The van der Waals surface area contributed by atoms with E-state index in [9.17, 15) is 9.59 Å². The van der Waals surface area contributed by atoms with Crippen LogP contribution in [-0.2, 0) is 9.59 Å². The Labute approximate surface area is 148 Å². The lowest BCUT2D eigenvalue weighted by molar-refractivity contribution is -0.141. The Morgan fingerprint density at radius 2 is 2.00 bits per heavy atom. The van der Waals surface area contributed by atoms with Crippen molar-refractivity contribution in [1.29, 1.82) is 0 Å². The van der Waals surface area contributed by atoms with Crippen molar-refractivity contribution in [2.45, 2.75) is 37.8 Å². The first-order valence-corrected chi connectivity index (χ1v) is 8.94. The summed E-state index contributed by atoms with van der Waals surface area (Å²) in [6, 6.07) is 7.35. The Morgan fingerprint density at radius 3 is 2.60 bits per heavy atom. The third kappa shape index (κ3) is 3.95. The fraction of sp³-hybridized carbons (Fsp3) is 0.579. The predicted octanol–water partition coefficient (Wildman–Crippen LogP) is 1.46. The highest BCUT2D eigenvalue weighted by atomic mass is 16.5. The number of methoxy groups -OCH3 is 1. The molecular formula is C19H27N3O3. The summed E-state index contributed by atoms with van der Waals surface area (Å²) in [6.45, 7) is 0.507. The van der Waals surface area contributed by atoms with Crippen molar-refractivity contribution in [3.8, 4) is 5.75 Å². The first-order valence-electron chi connectivity index (χ1n) is 8.94. The normalized spacial score (nSPS) is 24.8. The molecule has 0 radical (unpaired) electrons. The Morgan fingerprint density at radius 1 is 1.32 bits per heavy atom. The molecule has 25 heavy (non-hydrogen) atoms. The Kier molecular flexibility index (Phi) is 5.27. The molecule has 2 amide bonds. The van der Waals surface area contributed by atoms with Gasteiger partial charge in [-0.15, -0.1) is 0 Å². The number of hydrogen-bond donors (Lipinski definition) is 2. The summed E-state index contributed by atoms with van der Waals surface area (Å²) in [5.74, 6) is 1.09. The number of amides is 2. The van der Waals surface area contributed by atoms with Crippen LogP contribution in [0.5, 0.6) is 5.75 Å². The van der Waals surface area contributed by atoms with Crippen LogP contribution in [0.1, 0.15) is 37.3 Å². The van der Waals surface area contributed by atoms with Gasteiger partial charge in [-0.3, -0.25) is 9.59 Å². The molecule has 1 saturated carbocycles. The van der Waals surface area contributed by atoms with Gasteiger partial charge >= 0.3 is 0 Å². The van der Waals surface area contributed by atoms with E-state index in [1.807, 2.05) is 24.3 Å². The van der Waals surface area contributed by atoms with Crippen molar-refractivity contribution in [3.63, 3.8) is 0 Å². The van der Waals surface area contributed by atoms with Crippen LogP contribution in [0.2, 0.25) is 0 Å². The standard InChI is InChI=1S/C19H27N3O3/c1-22-17(23)10-9-15(19(24)21-11-16(20)12-3-4-12)18(22)13-5-7-14(25-2)8-6-13/h5-8,12,15-16,18H,3-4,9-11,20H2,1-2H3,(H,21,24). The summed E-state index contributed by atoms with van der Waals surface area (Å²) in [5.41, 5.74) is 7.04. The second-order valence-electron chi connectivity index (χ2n) is 7.11. The molecule has 2 fully saturated rings. The van der Waals surface area contributed by atoms with Gasteiger partial charge in [0.1, 0.15) is 5.75 Å². The number of nitrogens with one attached hydrogen (secondary N) is 1. The number of rotatable bonds is 6. The monoisotopic (exact) mass is 345 g/mol. The Hall–Kier alpha value is -2.08. The van der Waals surface area contributed by atoms with Gasteiger partial charge in [-0.05, 0) is 42.9 Å². The van der Waals surface area contributed by atoms with Gasteiger partial charge in [-0.2, -0.15) is 0 Å². The second-order valence-corrected chi connectivity index (χ2v) is 7.11. The van der Waals surface area contributed by atoms with Crippen LogP contribution in [0, 0.1) is 11.8 Å². The fourth-order valence-electron chi connectivity index (χ4n) is 3.61. The molecule has 136 valence electrons. The van der Waals surface area contributed by atoms with Crippen LogP contribution in [0.3, 0.4) is 0 Å². The number of hydrogen-bond acceptors (Lipinski definition) is 4. The molecule has 3 unspecified atom stereocenters. The average molecular weight is 345 g/mol. The number of carbonyl (C=O) groups is 2. The van der Waals surface area contributed by atoms with E-state index in [4.69, 9.17) is 10.5 Å². The van der Waals surface area contributed by atoms with Gasteiger partial charge in [-0.1, -0.05) is 12.1 Å². The van der Waals surface area contributed by atoms with E-state index in [0.717, 1.165) is 24.2 Å². The number of ether oxygens (including phenoxy) is 1. The summed E-state index contributed by atoms with van der Waals surface area (Å²) in [4.78, 5) is 26.6. The van der Waals surface area contributed by atoms with Crippen LogP contribution in [0.4, 0.5) is 0 Å². The number of piperidine rings is 1. The first-order chi connectivity index (χ1) is 12.0. The summed E-state index contributed by atoms with van der Waals surface area (Å²) in [7, 11) is 3.39. The summed E-state index contributed by atoms with van der Waals surface area (Å²) in [6.07, 6.45) is 3.28. The summed E-state index contributed by atoms with van der Waals surface area (Å²) in [5, 5.41) is 3.00. The minimum Gasteiger partial charge on any atom is -0.497 e. The predicted molar refractivity (Wildman–Crippen MR) is 94.9 cm³/mol. The molecule has 1 saturated heterocycles. The zero-order valence-corrected chi connectivity index (χ0v) is 14.9. The first kappa shape index (κ1) is 17.7. The van der Waals surface area contributed by atoms with E-state index in [-0.39, 0.29) is 29.8 Å². The van der Waals surface area contributed by atoms with Gasteiger partial charge in [-0.25, -0.2) is 0 Å². The fourth-order valence-corrected chi connectivity index (χ4v) is 3.61. The SMILES string of the molecule is COc1ccc(C2C(C(=O)NCC(N)C3CC3)CCC(=O)N2C)cc1. The third-order valence-corrected chi connectivity index (χ3v) is 5.39. The Bertz CT molecular complexity index is 627. The van der Waals surface area contributed by atoms with Crippen LogP contribution in [0.15, 0.2) is 24.3 Å². The van der Waals surface area contributed by atoms with Crippen molar-refractivity contribution in [1.82, 2.24) is 10.2 Å². The molecule has 1 aromatic carbocycles. The molecule has 0 bridgehead atoms.